The number of rotatable bonds is 3. The van der Waals surface area contributed by atoms with Crippen molar-refractivity contribution in [3.63, 3.8) is 0 Å². The van der Waals surface area contributed by atoms with Crippen molar-refractivity contribution in [2.75, 3.05) is 31.1 Å². The van der Waals surface area contributed by atoms with Gasteiger partial charge in [-0.3, -0.25) is 4.79 Å². The molecular formula is C13H20N4O. The van der Waals surface area contributed by atoms with Gasteiger partial charge in [-0.15, -0.1) is 0 Å². The van der Waals surface area contributed by atoms with E-state index in [0.717, 1.165) is 24.5 Å². The number of aryl methyl sites for hydroxylation is 1. The van der Waals surface area contributed by atoms with E-state index < -0.39 is 0 Å². The molecule has 5 heteroatoms. The number of aromatic nitrogens is 1. The molecule has 1 aliphatic rings. The average Bonchev–Trinajstić information content (AvgIpc) is 2.40. The van der Waals surface area contributed by atoms with E-state index in [1.807, 2.05) is 32.2 Å². The van der Waals surface area contributed by atoms with Crippen LogP contribution in [0.5, 0.6) is 0 Å². The van der Waals surface area contributed by atoms with Crippen LogP contribution >= 0.6 is 0 Å². The highest BCUT2D eigenvalue weighted by molar-refractivity contribution is 5.85. The molecule has 0 aromatic carbocycles. The second-order valence-corrected chi connectivity index (χ2v) is 4.50. The van der Waals surface area contributed by atoms with Crippen molar-refractivity contribution in [2.24, 2.45) is 0 Å². The van der Waals surface area contributed by atoms with Crippen LogP contribution in [0.2, 0.25) is 0 Å². The zero-order valence-electron chi connectivity index (χ0n) is 10.9. The van der Waals surface area contributed by atoms with E-state index in [-0.39, 0.29) is 11.9 Å². The number of hydrogen-bond acceptors (Lipinski definition) is 4. The molecule has 18 heavy (non-hydrogen) atoms. The second-order valence-electron chi connectivity index (χ2n) is 4.50. The van der Waals surface area contributed by atoms with Crippen LogP contribution in [0.3, 0.4) is 0 Å². The fourth-order valence-corrected chi connectivity index (χ4v) is 2.13. The van der Waals surface area contributed by atoms with Crippen LogP contribution in [0.1, 0.15) is 12.5 Å². The van der Waals surface area contributed by atoms with E-state index in [1.165, 1.54) is 0 Å². The second kappa shape index (κ2) is 5.82. The van der Waals surface area contributed by atoms with Crippen molar-refractivity contribution in [3.05, 3.63) is 23.9 Å². The number of piperazine rings is 1. The summed E-state index contributed by atoms with van der Waals surface area (Å²) in [6, 6.07) is 3.83. The molecule has 1 saturated heterocycles. The number of nitrogens with one attached hydrogen (secondary N) is 2. The lowest BCUT2D eigenvalue weighted by Crippen LogP contribution is -2.58. The summed E-state index contributed by atoms with van der Waals surface area (Å²) in [6.45, 7) is 6.95. The molecule has 1 aromatic heterocycles. The van der Waals surface area contributed by atoms with Crippen molar-refractivity contribution in [1.29, 1.82) is 0 Å². The standard InChI is InChI=1S/C13H20N4O/c1-3-15-13(18)11-9-14-6-7-17(11)12-5-4-10(2)8-16-12/h4-5,8,11,14H,3,6-7,9H2,1-2H3,(H,15,18). The Bertz CT molecular complexity index is 404. The summed E-state index contributed by atoms with van der Waals surface area (Å²) >= 11 is 0. The zero-order valence-corrected chi connectivity index (χ0v) is 10.9. The van der Waals surface area contributed by atoms with Gasteiger partial charge in [0.05, 0.1) is 0 Å². The summed E-state index contributed by atoms with van der Waals surface area (Å²) in [7, 11) is 0. The largest absolute Gasteiger partial charge is 0.355 e. The molecule has 2 N–H and O–H groups in total. The number of hydrogen-bond donors (Lipinski definition) is 2. The Kier molecular flexibility index (Phi) is 4.15. The van der Waals surface area contributed by atoms with Gasteiger partial charge in [-0.05, 0) is 25.5 Å². The molecule has 0 radical (unpaired) electrons. The number of carbonyl (C=O) groups excluding carboxylic acids is 1. The molecule has 1 atom stereocenters. The molecule has 0 saturated carbocycles. The minimum Gasteiger partial charge on any atom is -0.355 e. The molecule has 98 valence electrons. The molecule has 0 bridgehead atoms. The topological polar surface area (TPSA) is 57.3 Å². The maximum absolute atomic E-state index is 12.0. The van der Waals surface area contributed by atoms with Gasteiger partial charge in [0, 0.05) is 32.4 Å². The molecular weight excluding hydrogens is 228 g/mol. The van der Waals surface area contributed by atoms with Gasteiger partial charge < -0.3 is 15.5 Å². The van der Waals surface area contributed by atoms with Crippen LogP contribution in [0.4, 0.5) is 5.82 Å². The molecule has 1 aromatic rings. The van der Waals surface area contributed by atoms with E-state index in [1.54, 1.807) is 0 Å². The number of anilines is 1. The van der Waals surface area contributed by atoms with Crippen LogP contribution in [-0.2, 0) is 4.79 Å². The first-order valence-corrected chi connectivity index (χ1v) is 6.40. The first-order chi connectivity index (χ1) is 8.72. The zero-order chi connectivity index (χ0) is 13.0. The lowest BCUT2D eigenvalue weighted by atomic mass is 10.1. The minimum absolute atomic E-state index is 0.0621. The number of likely N-dealkylation sites (N-methyl/N-ethyl adjacent to an activating group) is 1. The Morgan fingerprint density at radius 2 is 2.44 bits per heavy atom. The number of nitrogens with zero attached hydrogens (tertiary/aromatic N) is 2. The highest BCUT2D eigenvalue weighted by Gasteiger charge is 2.28. The fraction of sp³-hybridized carbons (Fsp3) is 0.538. The van der Waals surface area contributed by atoms with E-state index in [2.05, 4.69) is 20.5 Å². The Balaban J connectivity index is 2.17. The molecule has 1 fully saturated rings. The highest BCUT2D eigenvalue weighted by atomic mass is 16.2. The van der Waals surface area contributed by atoms with Gasteiger partial charge in [-0.1, -0.05) is 6.07 Å². The Morgan fingerprint density at radius 3 is 3.11 bits per heavy atom. The first-order valence-electron chi connectivity index (χ1n) is 6.40. The molecule has 0 aliphatic carbocycles. The quantitative estimate of drug-likeness (QED) is 0.808. The Labute approximate surface area is 108 Å². The summed E-state index contributed by atoms with van der Waals surface area (Å²) in [5, 5.41) is 6.13. The van der Waals surface area contributed by atoms with Gasteiger partial charge in [0.2, 0.25) is 5.91 Å². The summed E-state index contributed by atoms with van der Waals surface area (Å²) in [5.41, 5.74) is 1.13. The summed E-state index contributed by atoms with van der Waals surface area (Å²) in [5.74, 6) is 0.936. The molecule has 1 unspecified atom stereocenters. The summed E-state index contributed by atoms with van der Waals surface area (Å²) < 4.78 is 0. The minimum atomic E-state index is -0.172. The third-order valence-corrected chi connectivity index (χ3v) is 3.09. The van der Waals surface area contributed by atoms with Gasteiger partial charge in [0.25, 0.3) is 0 Å². The van der Waals surface area contributed by atoms with E-state index in [9.17, 15) is 4.79 Å². The van der Waals surface area contributed by atoms with Crippen LogP contribution < -0.4 is 15.5 Å². The predicted octanol–water partition coefficient (Wildman–Crippen LogP) is 0.304. The van der Waals surface area contributed by atoms with Crippen LogP contribution in [0.25, 0.3) is 0 Å². The average molecular weight is 248 g/mol. The van der Waals surface area contributed by atoms with Gasteiger partial charge in [0.15, 0.2) is 0 Å². The molecule has 0 spiro atoms. The van der Waals surface area contributed by atoms with Gasteiger partial charge >= 0.3 is 0 Å². The normalized spacial score (nSPS) is 19.7. The lowest BCUT2D eigenvalue weighted by Gasteiger charge is -2.36. The lowest BCUT2D eigenvalue weighted by molar-refractivity contribution is -0.122. The van der Waals surface area contributed by atoms with E-state index >= 15 is 0 Å². The molecule has 2 rings (SSSR count). The maximum atomic E-state index is 12.0. The van der Waals surface area contributed by atoms with Crippen molar-refractivity contribution in [1.82, 2.24) is 15.6 Å². The van der Waals surface area contributed by atoms with Gasteiger partial charge in [-0.2, -0.15) is 0 Å². The van der Waals surface area contributed by atoms with Crippen molar-refractivity contribution in [2.45, 2.75) is 19.9 Å². The van der Waals surface area contributed by atoms with Crippen LogP contribution in [0.15, 0.2) is 18.3 Å². The maximum Gasteiger partial charge on any atom is 0.244 e. The van der Waals surface area contributed by atoms with E-state index in [0.29, 0.717) is 13.1 Å². The van der Waals surface area contributed by atoms with Gasteiger partial charge in [0.1, 0.15) is 11.9 Å². The fourth-order valence-electron chi connectivity index (χ4n) is 2.13. The Hall–Kier alpha value is -1.62. The predicted molar refractivity (Wildman–Crippen MR) is 71.7 cm³/mol. The number of carbonyl (C=O) groups is 1. The summed E-state index contributed by atoms with van der Waals surface area (Å²) in [4.78, 5) is 18.5. The molecule has 5 nitrogen and oxygen atoms in total. The third kappa shape index (κ3) is 2.79. The van der Waals surface area contributed by atoms with Crippen LogP contribution in [0, 0.1) is 6.92 Å². The van der Waals surface area contributed by atoms with Gasteiger partial charge in [-0.25, -0.2) is 4.98 Å². The first kappa shape index (κ1) is 12.8. The summed E-state index contributed by atoms with van der Waals surface area (Å²) in [6.07, 6.45) is 1.84. The number of pyridine rings is 1. The van der Waals surface area contributed by atoms with Crippen molar-refractivity contribution < 1.29 is 4.79 Å². The molecule has 1 amide bonds. The SMILES string of the molecule is CCNC(=O)C1CNCCN1c1ccc(C)cn1. The number of amides is 1. The van der Waals surface area contributed by atoms with Crippen LogP contribution in [-0.4, -0.2) is 43.1 Å². The van der Waals surface area contributed by atoms with Crippen molar-refractivity contribution in [3.8, 4) is 0 Å². The van der Waals surface area contributed by atoms with E-state index in [4.69, 9.17) is 0 Å². The molecule has 1 aliphatic heterocycles. The molecule has 2 heterocycles. The highest BCUT2D eigenvalue weighted by Crippen LogP contribution is 2.16. The van der Waals surface area contributed by atoms with Crippen molar-refractivity contribution >= 4 is 11.7 Å². The Morgan fingerprint density at radius 1 is 1.61 bits per heavy atom. The smallest absolute Gasteiger partial charge is 0.244 e. The third-order valence-electron chi connectivity index (χ3n) is 3.09. The monoisotopic (exact) mass is 248 g/mol.